The number of aromatic nitrogens is 4. The number of nitrogens with one attached hydrogen (secondary N) is 1. The van der Waals surface area contributed by atoms with E-state index in [1.165, 1.54) is 4.68 Å². The molecule has 0 aliphatic rings. The van der Waals surface area contributed by atoms with Crippen LogP contribution in [-0.4, -0.2) is 31.0 Å². The van der Waals surface area contributed by atoms with Gasteiger partial charge in [-0.2, -0.15) is 10.2 Å². The number of rotatable bonds is 6. The summed E-state index contributed by atoms with van der Waals surface area (Å²) in [5, 5.41) is 22.9. The molecule has 0 unspecified atom stereocenters. The predicted octanol–water partition coefficient (Wildman–Crippen LogP) is 1.84. The molecule has 1 N–H and O–H groups in total. The number of nitrogens with zero attached hydrogens (tertiary/aromatic N) is 5. The third kappa shape index (κ3) is 3.21. The van der Waals surface area contributed by atoms with E-state index in [-0.39, 0.29) is 16.5 Å². The van der Waals surface area contributed by atoms with Crippen LogP contribution in [0.1, 0.15) is 31.2 Å². The number of hydrogen-bond acceptors (Lipinski definition) is 5. The van der Waals surface area contributed by atoms with E-state index < -0.39 is 0 Å². The Bertz CT molecular complexity index is 643. The van der Waals surface area contributed by atoms with Crippen molar-refractivity contribution in [3.05, 3.63) is 33.8 Å². The maximum Gasteiger partial charge on any atom is 0.334 e. The van der Waals surface area contributed by atoms with Gasteiger partial charge in [0, 0.05) is 39.2 Å². The molecule has 0 aromatic carbocycles. The molecule has 0 amide bonds. The van der Waals surface area contributed by atoms with Crippen molar-refractivity contribution in [1.82, 2.24) is 19.6 Å². The van der Waals surface area contributed by atoms with Gasteiger partial charge in [0.05, 0.1) is 10.6 Å². The molecule has 0 aliphatic carbocycles. The molecule has 0 fully saturated rings. The zero-order chi connectivity index (χ0) is 15.6. The van der Waals surface area contributed by atoms with Crippen LogP contribution < -0.4 is 5.32 Å². The summed E-state index contributed by atoms with van der Waals surface area (Å²) in [7, 11) is 3.57. The normalized spacial score (nSPS) is 11.1. The van der Waals surface area contributed by atoms with Crippen LogP contribution in [0, 0.1) is 10.1 Å². The Hall–Kier alpha value is -2.38. The summed E-state index contributed by atoms with van der Waals surface area (Å²) < 4.78 is 3.27. The molecule has 0 spiro atoms. The lowest BCUT2D eigenvalue weighted by Gasteiger charge is -2.05. The Balaban J connectivity index is 2.13. The lowest BCUT2D eigenvalue weighted by atomic mass is 10.1. The summed E-state index contributed by atoms with van der Waals surface area (Å²) in [6.45, 7) is 4.36. The quantitative estimate of drug-likeness (QED) is 0.648. The first-order valence-corrected chi connectivity index (χ1v) is 6.83. The van der Waals surface area contributed by atoms with E-state index in [1.54, 1.807) is 11.7 Å². The Morgan fingerprint density at radius 2 is 2.10 bits per heavy atom. The highest BCUT2D eigenvalue weighted by molar-refractivity contribution is 5.60. The second kappa shape index (κ2) is 5.94. The monoisotopic (exact) mass is 292 g/mol. The van der Waals surface area contributed by atoms with Gasteiger partial charge in [0.2, 0.25) is 5.82 Å². The van der Waals surface area contributed by atoms with E-state index in [0.29, 0.717) is 24.5 Å². The van der Waals surface area contributed by atoms with E-state index in [2.05, 4.69) is 15.5 Å². The van der Waals surface area contributed by atoms with E-state index in [9.17, 15) is 10.1 Å². The fourth-order valence-electron chi connectivity index (χ4n) is 2.21. The number of nitro groups is 1. The van der Waals surface area contributed by atoms with E-state index in [1.807, 2.05) is 33.2 Å². The molecule has 0 saturated carbocycles. The second-order valence-corrected chi connectivity index (χ2v) is 5.28. The first-order valence-electron chi connectivity index (χ1n) is 6.83. The van der Waals surface area contributed by atoms with Crippen molar-refractivity contribution in [2.24, 2.45) is 14.1 Å². The van der Waals surface area contributed by atoms with Gasteiger partial charge in [0.25, 0.3) is 0 Å². The highest BCUT2D eigenvalue weighted by atomic mass is 16.6. The van der Waals surface area contributed by atoms with E-state index in [4.69, 9.17) is 0 Å². The van der Waals surface area contributed by atoms with Crippen molar-refractivity contribution in [3.8, 4) is 0 Å². The van der Waals surface area contributed by atoms with Crippen molar-refractivity contribution in [2.45, 2.75) is 26.2 Å². The van der Waals surface area contributed by atoms with E-state index in [0.717, 1.165) is 5.69 Å². The maximum absolute atomic E-state index is 11.3. The van der Waals surface area contributed by atoms with Crippen LogP contribution >= 0.6 is 0 Å². The Morgan fingerprint density at radius 3 is 2.62 bits per heavy atom. The molecule has 0 atom stereocenters. The lowest BCUT2D eigenvalue weighted by molar-refractivity contribution is -0.384. The van der Waals surface area contributed by atoms with E-state index >= 15 is 0 Å². The minimum Gasteiger partial charge on any atom is -0.364 e. The molecule has 0 bridgehead atoms. The molecule has 0 radical (unpaired) electrons. The molecule has 2 rings (SSSR count). The van der Waals surface area contributed by atoms with Crippen LogP contribution in [0.25, 0.3) is 0 Å². The molecule has 0 aliphatic heterocycles. The number of aryl methyl sites for hydroxylation is 2. The van der Waals surface area contributed by atoms with Gasteiger partial charge in [-0.05, 0) is 6.07 Å². The fraction of sp³-hybridized carbons (Fsp3) is 0.538. The zero-order valence-electron chi connectivity index (χ0n) is 12.7. The highest BCUT2D eigenvalue weighted by Gasteiger charge is 2.28. The number of hydrogen-bond donors (Lipinski definition) is 1. The minimum atomic E-state index is -0.370. The van der Waals surface area contributed by atoms with Gasteiger partial charge >= 0.3 is 5.69 Å². The summed E-state index contributed by atoms with van der Waals surface area (Å²) in [5.74, 6) is 0.447. The topological polar surface area (TPSA) is 90.8 Å². The van der Waals surface area contributed by atoms with Gasteiger partial charge < -0.3 is 5.32 Å². The van der Waals surface area contributed by atoms with Crippen LogP contribution in [0.15, 0.2) is 12.3 Å². The fourth-order valence-corrected chi connectivity index (χ4v) is 2.21. The van der Waals surface area contributed by atoms with Crippen LogP contribution in [-0.2, 0) is 20.5 Å². The van der Waals surface area contributed by atoms with Crippen molar-refractivity contribution in [2.75, 3.05) is 11.9 Å². The molecule has 8 nitrogen and oxygen atoms in total. The van der Waals surface area contributed by atoms with Gasteiger partial charge in [-0.1, -0.05) is 13.8 Å². The van der Waals surface area contributed by atoms with Gasteiger partial charge in [0.15, 0.2) is 0 Å². The third-order valence-corrected chi connectivity index (χ3v) is 3.22. The SMILES string of the molecule is CC(C)c1nn(C)c(NCCc2ccn(C)n2)c1[N+](=O)[O-]. The maximum atomic E-state index is 11.3. The predicted molar refractivity (Wildman–Crippen MR) is 79.4 cm³/mol. The summed E-state index contributed by atoms with van der Waals surface area (Å²) in [6, 6.07) is 1.93. The first kappa shape index (κ1) is 15.0. The molecule has 114 valence electrons. The molecule has 2 heterocycles. The molecular weight excluding hydrogens is 272 g/mol. The zero-order valence-corrected chi connectivity index (χ0v) is 12.7. The summed E-state index contributed by atoms with van der Waals surface area (Å²) >= 11 is 0. The molecule has 2 aromatic heterocycles. The summed E-state index contributed by atoms with van der Waals surface area (Å²) in [4.78, 5) is 10.9. The minimum absolute atomic E-state index is 0.00272. The highest BCUT2D eigenvalue weighted by Crippen LogP contribution is 2.32. The standard InChI is InChI=1S/C13H20N6O2/c1-9(2)11-12(19(20)21)13(18(4)16-11)14-7-5-10-6-8-17(3)15-10/h6,8-9,14H,5,7H2,1-4H3. The Kier molecular flexibility index (Phi) is 4.25. The van der Waals surface area contributed by atoms with Crippen molar-refractivity contribution < 1.29 is 4.92 Å². The number of anilines is 1. The first-order chi connectivity index (χ1) is 9.90. The molecule has 0 saturated heterocycles. The van der Waals surface area contributed by atoms with Gasteiger partial charge in [-0.15, -0.1) is 0 Å². The lowest BCUT2D eigenvalue weighted by Crippen LogP contribution is -2.10. The van der Waals surface area contributed by atoms with Crippen LogP contribution in [0.3, 0.4) is 0 Å². The average Bonchev–Trinajstić information content (AvgIpc) is 2.94. The van der Waals surface area contributed by atoms with Crippen LogP contribution in [0.5, 0.6) is 0 Å². The molecule has 8 heteroatoms. The Labute approximate surface area is 122 Å². The van der Waals surface area contributed by atoms with Gasteiger partial charge in [-0.25, -0.2) is 4.68 Å². The van der Waals surface area contributed by atoms with Crippen LogP contribution in [0.2, 0.25) is 0 Å². The van der Waals surface area contributed by atoms with Gasteiger partial charge in [-0.3, -0.25) is 14.8 Å². The van der Waals surface area contributed by atoms with Crippen molar-refractivity contribution in [1.29, 1.82) is 0 Å². The summed E-state index contributed by atoms with van der Waals surface area (Å²) in [6.07, 6.45) is 2.57. The molecular formula is C13H20N6O2. The Morgan fingerprint density at radius 1 is 1.38 bits per heavy atom. The molecule has 21 heavy (non-hydrogen) atoms. The average molecular weight is 292 g/mol. The molecule has 2 aromatic rings. The van der Waals surface area contributed by atoms with Crippen molar-refractivity contribution in [3.63, 3.8) is 0 Å². The summed E-state index contributed by atoms with van der Waals surface area (Å²) in [5.41, 5.74) is 1.51. The second-order valence-electron chi connectivity index (χ2n) is 5.28. The van der Waals surface area contributed by atoms with Crippen molar-refractivity contribution >= 4 is 11.5 Å². The smallest absolute Gasteiger partial charge is 0.334 e. The largest absolute Gasteiger partial charge is 0.364 e. The third-order valence-electron chi connectivity index (χ3n) is 3.22. The van der Waals surface area contributed by atoms with Crippen LogP contribution in [0.4, 0.5) is 11.5 Å². The van der Waals surface area contributed by atoms with Gasteiger partial charge in [0.1, 0.15) is 5.69 Å².